The van der Waals surface area contributed by atoms with Gasteiger partial charge in [-0.2, -0.15) is 0 Å². The van der Waals surface area contributed by atoms with Gasteiger partial charge in [0.15, 0.2) is 0 Å². The van der Waals surface area contributed by atoms with Gasteiger partial charge in [0.2, 0.25) is 0 Å². The zero-order chi connectivity index (χ0) is 18.1. The number of methoxy groups -OCH3 is 1. The Kier molecular flexibility index (Phi) is 5.32. The Hall–Kier alpha value is -1.51. The molecule has 0 radical (unpaired) electrons. The van der Waals surface area contributed by atoms with E-state index in [4.69, 9.17) is 14.0 Å². The number of nitrogens with one attached hydrogen (secondary N) is 1. The van der Waals surface area contributed by atoms with Gasteiger partial charge in [-0.15, -0.1) is 0 Å². The maximum atomic E-state index is 14.8. The quantitative estimate of drug-likeness (QED) is 0.654. The van der Waals surface area contributed by atoms with Crippen LogP contribution in [-0.4, -0.2) is 44.5 Å². The molecule has 0 aliphatic carbocycles. The number of hydrogen-bond donors (Lipinski definition) is 1. The Bertz CT molecular complexity index is 621. The zero-order valence-electron chi connectivity index (χ0n) is 14.5. The first-order valence-corrected chi connectivity index (χ1v) is 7.71. The van der Waals surface area contributed by atoms with Gasteiger partial charge in [-0.25, -0.2) is 8.78 Å². The predicted molar refractivity (Wildman–Crippen MR) is 86.3 cm³/mol. The second kappa shape index (κ2) is 6.78. The van der Waals surface area contributed by atoms with Gasteiger partial charge < -0.3 is 19.4 Å². The number of carbonyl (C=O) groups excluding carboxylic acids is 1. The summed E-state index contributed by atoms with van der Waals surface area (Å²) in [7, 11) is 0.452. The molecule has 0 atom stereocenters. The third-order valence-corrected chi connectivity index (χ3v) is 4.45. The van der Waals surface area contributed by atoms with E-state index in [9.17, 15) is 13.6 Å². The minimum atomic E-state index is -1.01. The van der Waals surface area contributed by atoms with Gasteiger partial charge in [0, 0.05) is 19.1 Å². The van der Waals surface area contributed by atoms with Crippen molar-refractivity contribution < 1.29 is 27.6 Å². The lowest BCUT2D eigenvalue weighted by Gasteiger charge is -2.32. The molecule has 24 heavy (non-hydrogen) atoms. The lowest BCUT2D eigenvalue weighted by atomic mass is 9.77. The van der Waals surface area contributed by atoms with Crippen molar-refractivity contribution in [3.05, 3.63) is 29.3 Å². The van der Waals surface area contributed by atoms with E-state index in [0.29, 0.717) is 0 Å². The molecular weight excluding hydrogens is 319 g/mol. The predicted octanol–water partition coefficient (Wildman–Crippen LogP) is 1.64. The third kappa shape index (κ3) is 3.45. The summed E-state index contributed by atoms with van der Waals surface area (Å²) in [4.78, 5) is 12.1. The molecule has 1 aliphatic rings. The lowest BCUT2D eigenvalue weighted by molar-refractivity contribution is 0.00578. The Morgan fingerprint density at radius 1 is 1.21 bits per heavy atom. The Morgan fingerprint density at radius 3 is 2.33 bits per heavy atom. The number of benzene rings is 1. The van der Waals surface area contributed by atoms with E-state index in [1.807, 2.05) is 27.7 Å². The van der Waals surface area contributed by atoms with Crippen LogP contribution in [0.5, 0.6) is 0 Å². The molecule has 132 valence electrons. The van der Waals surface area contributed by atoms with Crippen LogP contribution >= 0.6 is 0 Å². The number of amides is 1. The van der Waals surface area contributed by atoms with Gasteiger partial charge >= 0.3 is 7.12 Å². The van der Waals surface area contributed by atoms with Crippen molar-refractivity contribution in [1.29, 1.82) is 0 Å². The zero-order valence-corrected chi connectivity index (χ0v) is 14.5. The summed E-state index contributed by atoms with van der Waals surface area (Å²) in [5, 5.41) is 2.41. The molecular formula is C16H22BF2NO4. The summed E-state index contributed by atoms with van der Waals surface area (Å²) in [6.07, 6.45) is 0. The minimum absolute atomic E-state index is 0.00746. The van der Waals surface area contributed by atoms with E-state index >= 15 is 0 Å². The van der Waals surface area contributed by atoms with Gasteiger partial charge in [0.25, 0.3) is 5.91 Å². The number of ether oxygens (including phenoxy) is 1. The topological polar surface area (TPSA) is 56.8 Å². The van der Waals surface area contributed by atoms with Crippen LogP contribution in [0.2, 0.25) is 0 Å². The molecule has 1 aliphatic heterocycles. The molecule has 0 unspecified atom stereocenters. The summed E-state index contributed by atoms with van der Waals surface area (Å²) in [6, 6.07) is 2.27. The first kappa shape index (κ1) is 18.8. The molecule has 2 rings (SSSR count). The van der Waals surface area contributed by atoms with Crippen LogP contribution in [0.15, 0.2) is 12.1 Å². The van der Waals surface area contributed by atoms with Gasteiger partial charge in [-0.1, -0.05) is 6.07 Å². The average Bonchev–Trinajstić information content (AvgIpc) is 2.67. The maximum absolute atomic E-state index is 14.8. The lowest BCUT2D eigenvalue weighted by Crippen LogP contribution is -2.41. The van der Waals surface area contributed by atoms with Crippen molar-refractivity contribution in [2.45, 2.75) is 38.9 Å². The van der Waals surface area contributed by atoms with Crippen LogP contribution in [0.25, 0.3) is 0 Å². The van der Waals surface area contributed by atoms with E-state index in [0.717, 1.165) is 6.07 Å². The van der Waals surface area contributed by atoms with E-state index in [2.05, 4.69) is 5.32 Å². The first-order valence-electron chi connectivity index (χ1n) is 7.71. The van der Waals surface area contributed by atoms with Crippen LogP contribution in [-0.2, 0) is 14.0 Å². The molecule has 1 fully saturated rings. The SMILES string of the molecule is COCCNC(=O)c1c(F)ccc(B2OC(C)(C)C(C)(C)O2)c1F. The largest absolute Gasteiger partial charge is 0.497 e. The smallest absolute Gasteiger partial charge is 0.399 e. The molecule has 0 saturated carbocycles. The molecule has 1 N–H and O–H groups in total. The van der Waals surface area contributed by atoms with Crippen molar-refractivity contribution in [2.24, 2.45) is 0 Å². The van der Waals surface area contributed by atoms with Crippen molar-refractivity contribution in [1.82, 2.24) is 5.32 Å². The first-order chi connectivity index (χ1) is 11.1. The van der Waals surface area contributed by atoms with Gasteiger partial charge in [0.05, 0.1) is 17.8 Å². The molecule has 8 heteroatoms. The monoisotopic (exact) mass is 341 g/mol. The highest BCUT2D eigenvalue weighted by atomic mass is 19.1. The second-order valence-electron chi connectivity index (χ2n) is 6.66. The highest BCUT2D eigenvalue weighted by Crippen LogP contribution is 2.36. The molecule has 0 spiro atoms. The summed E-state index contributed by atoms with van der Waals surface area (Å²) < 4.78 is 45.1. The number of carbonyl (C=O) groups is 1. The molecule has 5 nitrogen and oxygen atoms in total. The van der Waals surface area contributed by atoms with Gasteiger partial charge in [-0.05, 0) is 33.8 Å². The number of rotatable bonds is 5. The fraction of sp³-hybridized carbons (Fsp3) is 0.562. The summed E-state index contributed by atoms with van der Waals surface area (Å²) in [6.45, 7) is 7.69. The second-order valence-corrected chi connectivity index (χ2v) is 6.66. The van der Waals surface area contributed by atoms with E-state index in [1.54, 1.807) is 0 Å². The van der Waals surface area contributed by atoms with Crippen molar-refractivity contribution >= 4 is 18.5 Å². The maximum Gasteiger partial charge on any atom is 0.497 e. The third-order valence-electron chi connectivity index (χ3n) is 4.45. The highest BCUT2D eigenvalue weighted by molar-refractivity contribution is 6.62. The Balaban J connectivity index is 2.31. The van der Waals surface area contributed by atoms with E-state index in [1.165, 1.54) is 13.2 Å². The molecule has 1 amide bonds. The van der Waals surface area contributed by atoms with Gasteiger partial charge in [-0.3, -0.25) is 4.79 Å². The highest BCUT2D eigenvalue weighted by Gasteiger charge is 2.52. The van der Waals surface area contributed by atoms with Crippen LogP contribution in [0.1, 0.15) is 38.1 Å². The molecule has 1 heterocycles. The Labute approximate surface area is 140 Å². The molecule has 0 bridgehead atoms. The summed E-state index contributed by atoms with van der Waals surface area (Å²) >= 11 is 0. The summed E-state index contributed by atoms with van der Waals surface area (Å²) in [5.74, 6) is -2.77. The molecule has 0 aromatic heterocycles. The van der Waals surface area contributed by atoms with Crippen molar-refractivity contribution in [2.75, 3.05) is 20.3 Å². The fourth-order valence-corrected chi connectivity index (χ4v) is 2.28. The fourth-order valence-electron chi connectivity index (χ4n) is 2.28. The molecule has 1 aromatic rings. The number of hydrogen-bond acceptors (Lipinski definition) is 4. The van der Waals surface area contributed by atoms with Crippen LogP contribution in [0.3, 0.4) is 0 Å². The molecule has 1 saturated heterocycles. The van der Waals surface area contributed by atoms with Crippen LogP contribution in [0.4, 0.5) is 8.78 Å². The van der Waals surface area contributed by atoms with E-state index in [-0.39, 0.29) is 18.6 Å². The van der Waals surface area contributed by atoms with Gasteiger partial charge in [0.1, 0.15) is 17.2 Å². The normalized spacial score (nSPS) is 18.7. The van der Waals surface area contributed by atoms with Crippen molar-refractivity contribution in [3.8, 4) is 0 Å². The standard InChI is InChI=1S/C16H22BF2NO4/c1-15(2)16(3,4)24-17(23-15)10-6-7-11(18)12(13(10)19)14(21)20-8-9-22-5/h6-7H,8-9H2,1-5H3,(H,20,21). The average molecular weight is 341 g/mol. The van der Waals surface area contributed by atoms with Crippen LogP contribution < -0.4 is 10.8 Å². The van der Waals surface area contributed by atoms with Crippen molar-refractivity contribution in [3.63, 3.8) is 0 Å². The summed E-state index contributed by atoms with van der Waals surface area (Å²) in [5.41, 5.74) is -2.00. The molecule has 1 aromatic carbocycles. The van der Waals surface area contributed by atoms with E-state index < -0.39 is 41.4 Å². The van der Waals surface area contributed by atoms with Crippen LogP contribution in [0, 0.1) is 11.6 Å². The Morgan fingerprint density at radius 2 is 1.79 bits per heavy atom. The number of halogens is 2. The minimum Gasteiger partial charge on any atom is -0.399 e.